The van der Waals surface area contributed by atoms with Crippen molar-refractivity contribution < 1.29 is 32.6 Å². The Kier molecular flexibility index (Phi) is 6.54. The van der Waals surface area contributed by atoms with Crippen LogP contribution in [0.1, 0.15) is 15.9 Å². The molecule has 112 valence electrons. The number of alkyl halides is 3. The molecule has 0 atom stereocenters. The molecule has 20 heavy (non-hydrogen) atoms. The molecule has 5 nitrogen and oxygen atoms in total. The number of carboxylic acids is 1. The van der Waals surface area contributed by atoms with Crippen LogP contribution in [0.25, 0.3) is 0 Å². The minimum atomic E-state index is -5.08. The Morgan fingerprint density at radius 2 is 1.80 bits per heavy atom. The maximum Gasteiger partial charge on any atom is 0.490 e. The van der Waals surface area contributed by atoms with Crippen molar-refractivity contribution in [2.75, 3.05) is 19.5 Å². The minimum Gasteiger partial charge on any atom is -0.475 e. The van der Waals surface area contributed by atoms with Crippen LogP contribution in [0.15, 0.2) is 18.2 Å². The lowest BCUT2D eigenvalue weighted by atomic mass is 10.1. The van der Waals surface area contributed by atoms with E-state index >= 15 is 0 Å². The number of aliphatic carboxylic acids is 1. The standard InChI is InChI=1S/C10H13NO2.C2HF3O2/c1-7-6-8(11-2)4-5-9(7)10(12)13-3;3-2(4,5)1(6)7/h4-6,11H,1-3H3;(H,6,7). The molecule has 1 aromatic carbocycles. The lowest BCUT2D eigenvalue weighted by Crippen LogP contribution is -2.21. The van der Waals surface area contributed by atoms with Crippen molar-refractivity contribution in [1.82, 2.24) is 0 Å². The van der Waals surface area contributed by atoms with Crippen molar-refractivity contribution in [3.63, 3.8) is 0 Å². The van der Waals surface area contributed by atoms with Gasteiger partial charge < -0.3 is 15.2 Å². The van der Waals surface area contributed by atoms with Gasteiger partial charge in [-0.15, -0.1) is 0 Å². The van der Waals surface area contributed by atoms with E-state index in [0.717, 1.165) is 11.3 Å². The number of carbonyl (C=O) groups is 2. The predicted octanol–water partition coefficient (Wildman–Crippen LogP) is 2.46. The molecule has 0 aliphatic rings. The fraction of sp³-hybridized carbons (Fsp3) is 0.333. The molecule has 0 radical (unpaired) electrons. The number of aryl methyl sites for hydroxylation is 1. The Balaban J connectivity index is 0.000000441. The molecule has 0 fully saturated rings. The van der Waals surface area contributed by atoms with E-state index in [-0.39, 0.29) is 5.97 Å². The molecule has 0 aromatic heterocycles. The lowest BCUT2D eigenvalue weighted by molar-refractivity contribution is -0.192. The summed E-state index contributed by atoms with van der Waals surface area (Å²) in [5, 5.41) is 10.1. The number of rotatable bonds is 2. The van der Waals surface area contributed by atoms with Gasteiger partial charge in [0.1, 0.15) is 0 Å². The van der Waals surface area contributed by atoms with Crippen molar-refractivity contribution >= 4 is 17.6 Å². The van der Waals surface area contributed by atoms with Crippen molar-refractivity contribution in [3.8, 4) is 0 Å². The van der Waals surface area contributed by atoms with E-state index in [9.17, 15) is 18.0 Å². The van der Waals surface area contributed by atoms with Gasteiger partial charge in [0.2, 0.25) is 0 Å². The zero-order chi connectivity index (χ0) is 15.9. The number of esters is 1. The molecule has 0 saturated heterocycles. The van der Waals surface area contributed by atoms with Crippen LogP contribution in [-0.4, -0.2) is 37.4 Å². The largest absolute Gasteiger partial charge is 0.490 e. The summed E-state index contributed by atoms with van der Waals surface area (Å²) in [6.07, 6.45) is -5.08. The van der Waals surface area contributed by atoms with Crippen LogP contribution in [0.5, 0.6) is 0 Å². The number of hydrogen-bond donors (Lipinski definition) is 2. The summed E-state index contributed by atoms with van der Waals surface area (Å²) in [6.45, 7) is 1.88. The third kappa shape index (κ3) is 5.59. The van der Waals surface area contributed by atoms with Gasteiger partial charge in [0.05, 0.1) is 12.7 Å². The Bertz CT molecular complexity index is 486. The molecule has 1 aromatic rings. The summed E-state index contributed by atoms with van der Waals surface area (Å²) in [6, 6.07) is 5.51. The highest BCUT2D eigenvalue weighted by Crippen LogP contribution is 2.15. The maximum atomic E-state index is 11.2. The normalized spacial score (nSPS) is 10.1. The third-order valence-electron chi connectivity index (χ3n) is 2.16. The first-order valence-corrected chi connectivity index (χ1v) is 5.30. The smallest absolute Gasteiger partial charge is 0.475 e. The first-order valence-electron chi connectivity index (χ1n) is 5.30. The molecule has 0 heterocycles. The topological polar surface area (TPSA) is 75.6 Å². The SMILES string of the molecule is CNc1ccc(C(=O)OC)c(C)c1.O=C(O)C(F)(F)F. The number of benzene rings is 1. The van der Waals surface area contributed by atoms with E-state index in [1.165, 1.54) is 7.11 Å². The van der Waals surface area contributed by atoms with Crippen LogP contribution >= 0.6 is 0 Å². The van der Waals surface area contributed by atoms with E-state index < -0.39 is 12.1 Å². The van der Waals surface area contributed by atoms with Gasteiger partial charge in [-0.05, 0) is 30.7 Å². The van der Waals surface area contributed by atoms with Gasteiger partial charge in [0.25, 0.3) is 0 Å². The van der Waals surface area contributed by atoms with Crippen molar-refractivity contribution in [2.45, 2.75) is 13.1 Å². The number of halogens is 3. The van der Waals surface area contributed by atoms with E-state index in [2.05, 4.69) is 10.1 Å². The maximum absolute atomic E-state index is 11.2. The second-order valence-corrected chi connectivity index (χ2v) is 3.57. The Labute approximate surface area is 113 Å². The number of nitrogens with one attached hydrogen (secondary N) is 1. The average molecular weight is 293 g/mol. The fourth-order valence-corrected chi connectivity index (χ4v) is 1.16. The van der Waals surface area contributed by atoms with Crippen LogP contribution < -0.4 is 5.32 Å². The van der Waals surface area contributed by atoms with Gasteiger partial charge in [0.15, 0.2) is 0 Å². The zero-order valence-corrected chi connectivity index (χ0v) is 11.0. The van der Waals surface area contributed by atoms with E-state index in [0.29, 0.717) is 5.56 Å². The summed E-state index contributed by atoms with van der Waals surface area (Å²) in [5.41, 5.74) is 2.52. The van der Waals surface area contributed by atoms with Crippen LogP contribution in [0.2, 0.25) is 0 Å². The van der Waals surface area contributed by atoms with Gasteiger partial charge >= 0.3 is 18.1 Å². The molecule has 0 spiro atoms. The first-order chi connectivity index (χ1) is 9.13. The highest BCUT2D eigenvalue weighted by molar-refractivity contribution is 5.91. The van der Waals surface area contributed by atoms with Gasteiger partial charge in [-0.2, -0.15) is 13.2 Å². The monoisotopic (exact) mass is 293 g/mol. The number of anilines is 1. The molecule has 0 aliphatic heterocycles. The summed E-state index contributed by atoms with van der Waals surface area (Å²) >= 11 is 0. The summed E-state index contributed by atoms with van der Waals surface area (Å²) < 4.78 is 36.4. The molecule has 0 bridgehead atoms. The van der Waals surface area contributed by atoms with Crippen LogP contribution in [-0.2, 0) is 9.53 Å². The van der Waals surface area contributed by atoms with Gasteiger partial charge in [-0.3, -0.25) is 0 Å². The quantitative estimate of drug-likeness (QED) is 0.819. The van der Waals surface area contributed by atoms with Crippen molar-refractivity contribution in [3.05, 3.63) is 29.3 Å². The van der Waals surface area contributed by atoms with Crippen LogP contribution in [0, 0.1) is 6.92 Å². The predicted molar refractivity (Wildman–Crippen MR) is 65.8 cm³/mol. The fourth-order valence-electron chi connectivity index (χ4n) is 1.16. The number of carbonyl (C=O) groups excluding carboxylic acids is 1. The molecule has 0 amide bonds. The van der Waals surface area contributed by atoms with Crippen LogP contribution in [0.4, 0.5) is 18.9 Å². The molecule has 0 saturated carbocycles. The average Bonchev–Trinajstić information content (AvgIpc) is 2.37. The highest BCUT2D eigenvalue weighted by Gasteiger charge is 2.38. The van der Waals surface area contributed by atoms with Gasteiger partial charge in [-0.25, -0.2) is 9.59 Å². The molecular formula is C12H14F3NO4. The van der Waals surface area contributed by atoms with E-state index in [4.69, 9.17) is 9.90 Å². The van der Waals surface area contributed by atoms with Gasteiger partial charge in [-0.1, -0.05) is 0 Å². The Hall–Kier alpha value is -2.25. The Morgan fingerprint density at radius 1 is 1.30 bits per heavy atom. The highest BCUT2D eigenvalue weighted by atomic mass is 19.4. The molecule has 1 rings (SSSR count). The molecule has 0 aliphatic carbocycles. The van der Waals surface area contributed by atoms with E-state index in [1.807, 2.05) is 26.1 Å². The summed E-state index contributed by atoms with van der Waals surface area (Å²) in [4.78, 5) is 20.1. The number of carboxylic acid groups (broad SMARTS) is 1. The zero-order valence-electron chi connectivity index (χ0n) is 11.0. The van der Waals surface area contributed by atoms with E-state index in [1.54, 1.807) is 6.07 Å². The first kappa shape index (κ1) is 17.8. The number of methoxy groups -OCH3 is 1. The number of hydrogen-bond acceptors (Lipinski definition) is 4. The third-order valence-corrected chi connectivity index (χ3v) is 2.16. The second kappa shape index (κ2) is 7.37. The number of ether oxygens (including phenoxy) is 1. The molecule has 8 heteroatoms. The second-order valence-electron chi connectivity index (χ2n) is 3.57. The molecular weight excluding hydrogens is 279 g/mol. The lowest BCUT2D eigenvalue weighted by Gasteiger charge is -2.05. The summed E-state index contributed by atoms with van der Waals surface area (Å²) in [5.74, 6) is -3.05. The van der Waals surface area contributed by atoms with Gasteiger partial charge in [0, 0.05) is 12.7 Å². The van der Waals surface area contributed by atoms with Crippen LogP contribution in [0.3, 0.4) is 0 Å². The molecule has 2 N–H and O–H groups in total. The molecule has 0 unspecified atom stereocenters. The summed E-state index contributed by atoms with van der Waals surface area (Å²) in [7, 11) is 3.22. The van der Waals surface area contributed by atoms with Crippen molar-refractivity contribution in [2.24, 2.45) is 0 Å². The minimum absolute atomic E-state index is 0.292. The Morgan fingerprint density at radius 3 is 2.10 bits per heavy atom. The van der Waals surface area contributed by atoms with Crippen molar-refractivity contribution in [1.29, 1.82) is 0 Å².